The van der Waals surface area contributed by atoms with Gasteiger partial charge in [-0.05, 0) is 17.7 Å². The lowest BCUT2D eigenvalue weighted by molar-refractivity contribution is -0.140. The zero-order valence-corrected chi connectivity index (χ0v) is 14.5. The van der Waals surface area contributed by atoms with E-state index in [9.17, 15) is 14.7 Å². The zero-order valence-electron chi connectivity index (χ0n) is 14.5. The van der Waals surface area contributed by atoms with Crippen LogP contribution in [0.2, 0.25) is 0 Å². The standard InChI is InChI=1S/C18H18N2O7/c1-24-6-7-25-18(23)14-13(10-2-4-20-5-3-10)16-15(27-17(14)19)12(22)8-11(9-21)26-16/h2-5,8,13,21H,6-7,9,19H2,1H3/t13-/m1/s1. The van der Waals surface area contributed by atoms with Crippen LogP contribution in [0.3, 0.4) is 0 Å². The fraction of sp³-hybridized carbons (Fsp3) is 0.278. The maximum atomic E-state index is 12.6. The van der Waals surface area contributed by atoms with Crippen LogP contribution in [0.15, 0.2) is 51.3 Å². The van der Waals surface area contributed by atoms with Crippen molar-refractivity contribution in [2.75, 3.05) is 20.3 Å². The molecule has 2 aromatic rings. The van der Waals surface area contributed by atoms with Gasteiger partial charge in [0.15, 0.2) is 5.76 Å². The number of methoxy groups -OCH3 is 1. The number of aliphatic hydroxyl groups is 1. The second-order valence-corrected chi connectivity index (χ2v) is 5.65. The van der Waals surface area contributed by atoms with Crippen LogP contribution in [0.4, 0.5) is 0 Å². The molecule has 0 bridgehead atoms. The summed E-state index contributed by atoms with van der Waals surface area (Å²) in [7, 11) is 1.48. The fourth-order valence-corrected chi connectivity index (χ4v) is 2.74. The molecule has 0 fully saturated rings. The molecule has 1 aliphatic heterocycles. The number of nitrogens with two attached hydrogens (primary N) is 1. The van der Waals surface area contributed by atoms with Crippen LogP contribution in [0.1, 0.15) is 23.0 Å². The highest BCUT2D eigenvalue weighted by molar-refractivity contribution is 5.92. The van der Waals surface area contributed by atoms with E-state index in [1.54, 1.807) is 12.1 Å². The molecule has 2 aromatic heterocycles. The summed E-state index contributed by atoms with van der Waals surface area (Å²) in [5.41, 5.74) is 6.01. The van der Waals surface area contributed by atoms with Crippen LogP contribution >= 0.6 is 0 Å². The minimum atomic E-state index is -0.856. The fourth-order valence-electron chi connectivity index (χ4n) is 2.74. The summed E-state index contributed by atoms with van der Waals surface area (Å²) in [5.74, 6) is -1.88. The Morgan fingerprint density at radius 2 is 2.07 bits per heavy atom. The van der Waals surface area contributed by atoms with E-state index >= 15 is 0 Å². The average Bonchev–Trinajstić information content (AvgIpc) is 2.68. The molecule has 0 spiro atoms. The van der Waals surface area contributed by atoms with Crippen molar-refractivity contribution >= 4 is 5.97 Å². The summed E-state index contributed by atoms with van der Waals surface area (Å²) in [6.45, 7) is -0.263. The number of aliphatic hydroxyl groups excluding tert-OH is 1. The van der Waals surface area contributed by atoms with E-state index in [4.69, 9.17) is 24.4 Å². The molecule has 0 saturated heterocycles. The highest BCUT2D eigenvalue weighted by Crippen LogP contribution is 2.41. The summed E-state index contributed by atoms with van der Waals surface area (Å²) >= 11 is 0. The quantitative estimate of drug-likeness (QED) is 0.544. The molecule has 1 aliphatic rings. The molecule has 3 heterocycles. The number of esters is 1. The summed E-state index contributed by atoms with van der Waals surface area (Å²) in [4.78, 5) is 28.9. The van der Waals surface area contributed by atoms with Crippen molar-refractivity contribution in [2.24, 2.45) is 5.73 Å². The minimum absolute atomic E-state index is 0.0111. The average molecular weight is 374 g/mol. The Morgan fingerprint density at radius 3 is 2.74 bits per heavy atom. The number of hydrogen-bond acceptors (Lipinski definition) is 9. The second kappa shape index (κ2) is 8.02. The molecule has 142 valence electrons. The summed E-state index contributed by atoms with van der Waals surface area (Å²) < 4.78 is 21.1. The molecule has 0 saturated carbocycles. The second-order valence-electron chi connectivity index (χ2n) is 5.65. The van der Waals surface area contributed by atoms with E-state index in [1.807, 2.05) is 0 Å². The molecule has 0 radical (unpaired) electrons. The molecule has 0 aromatic carbocycles. The first kappa shape index (κ1) is 18.6. The van der Waals surface area contributed by atoms with E-state index in [1.165, 1.54) is 19.5 Å². The smallest absolute Gasteiger partial charge is 0.340 e. The number of pyridine rings is 1. The van der Waals surface area contributed by atoms with Gasteiger partial charge in [0.2, 0.25) is 17.1 Å². The Kier molecular flexibility index (Phi) is 5.53. The number of aromatic nitrogens is 1. The van der Waals surface area contributed by atoms with Gasteiger partial charge in [-0.1, -0.05) is 0 Å². The highest BCUT2D eigenvalue weighted by Gasteiger charge is 2.39. The van der Waals surface area contributed by atoms with E-state index in [2.05, 4.69) is 4.98 Å². The monoisotopic (exact) mass is 374 g/mol. The molecule has 0 amide bonds. The van der Waals surface area contributed by atoms with Crippen molar-refractivity contribution in [1.29, 1.82) is 0 Å². The molecule has 9 nitrogen and oxygen atoms in total. The molecule has 1 atom stereocenters. The predicted octanol–water partition coefficient (Wildman–Crippen LogP) is 0.411. The van der Waals surface area contributed by atoms with E-state index in [0.717, 1.165) is 6.07 Å². The molecule has 0 aliphatic carbocycles. The summed E-state index contributed by atoms with van der Waals surface area (Å²) in [5, 5.41) is 9.37. The highest BCUT2D eigenvalue weighted by atomic mass is 16.6. The van der Waals surface area contributed by atoms with Crippen LogP contribution in [0.5, 0.6) is 5.75 Å². The van der Waals surface area contributed by atoms with Crippen molar-refractivity contribution < 1.29 is 28.5 Å². The maximum absolute atomic E-state index is 12.6. The molecule has 27 heavy (non-hydrogen) atoms. The Hall–Kier alpha value is -3.17. The van der Waals surface area contributed by atoms with E-state index < -0.39 is 23.9 Å². The predicted molar refractivity (Wildman–Crippen MR) is 91.7 cm³/mol. The van der Waals surface area contributed by atoms with Crippen molar-refractivity contribution in [3.8, 4) is 5.75 Å². The zero-order chi connectivity index (χ0) is 19.4. The molecular formula is C18H18N2O7. The number of ether oxygens (including phenoxy) is 3. The first-order chi connectivity index (χ1) is 13.1. The number of carbonyl (C=O) groups is 1. The SMILES string of the molecule is COCCOC(=O)C1=C(N)Oc2c(oc(CO)cc2=O)[C@@H]1c1ccncc1. The lowest BCUT2D eigenvalue weighted by Crippen LogP contribution is -2.30. The van der Waals surface area contributed by atoms with Gasteiger partial charge in [-0.2, -0.15) is 0 Å². The van der Waals surface area contributed by atoms with Crippen LogP contribution < -0.4 is 15.9 Å². The van der Waals surface area contributed by atoms with Gasteiger partial charge >= 0.3 is 5.97 Å². The summed E-state index contributed by atoms with van der Waals surface area (Å²) in [6.07, 6.45) is 3.06. The Balaban J connectivity index is 2.14. The van der Waals surface area contributed by atoms with Crippen molar-refractivity contribution in [3.05, 3.63) is 69.4 Å². The molecule has 0 unspecified atom stereocenters. The van der Waals surface area contributed by atoms with Gasteiger partial charge in [0.1, 0.15) is 24.5 Å². The van der Waals surface area contributed by atoms with Crippen LogP contribution in [0.25, 0.3) is 0 Å². The van der Waals surface area contributed by atoms with Crippen LogP contribution in [0, 0.1) is 0 Å². The third-order valence-electron chi connectivity index (χ3n) is 3.94. The van der Waals surface area contributed by atoms with E-state index in [-0.39, 0.29) is 41.9 Å². The van der Waals surface area contributed by atoms with Crippen LogP contribution in [-0.2, 0) is 20.9 Å². The third-order valence-corrected chi connectivity index (χ3v) is 3.94. The third kappa shape index (κ3) is 3.69. The first-order valence-corrected chi connectivity index (χ1v) is 8.08. The van der Waals surface area contributed by atoms with Crippen molar-refractivity contribution in [1.82, 2.24) is 4.98 Å². The number of nitrogens with zero attached hydrogens (tertiary/aromatic N) is 1. The van der Waals surface area contributed by atoms with Gasteiger partial charge in [-0.25, -0.2) is 4.79 Å². The maximum Gasteiger partial charge on any atom is 0.340 e. The molecular weight excluding hydrogens is 356 g/mol. The molecule has 9 heteroatoms. The molecule has 3 rings (SSSR count). The summed E-state index contributed by atoms with van der Waals surface area (Å²) in [6, 6.07) is 4.42. The topological polar surface area (TPSA) is 134 Å². The number of carbonyl (C=O) groups excluding carboxylic acids is 1. The first-order valence-electron chi connectivity index (χ1n) is 8.08. The lowest BCUT2D eigenvalue weighted by Gasteiger charge is -2.26. The lowest BCUT2D eigenvalue weighted by atomic mass is 9.87. The Bertz CT molecular complexity index is 921. The Morgan fingerprint density at radius 1 is 1.33 bits per heavy atom. The van der Waals surface area contributed by atoms with Gasteiger partial charge in [0.25, 0.3) is 0 Å². The van der Waals surface area contributed by atoms with Gasteiger partial charge in [0, 0.05) is 25.6 Å². The van der Waals surface area contributed by atoms with Gasteiger partial charge in [-0.15, -0.1) is 0 Å². The van der Waals surface area contributed by atoms with E-state index in [0.29, 0.717) is 5.56 Å². The van der Waals surface area contributed by atoms with Crippen LogP contribution in [-0.4, -0.2) is 36.4 Å². The molecule has 3 N–H and O–H groups in total. The largest absolute Gasteiger partial charge is 0.460 e. The number of fused-ring (bicyclic) bond motifs is 1. The van der Waals surface area contributed by atoms with Gasteiger partial charge in [-0.3, -0.25) is 9.78 Å². The number of rotatable bonds is 6. The number of hydrogen-bond donors (Lipinski definition) is 2. The van der Waals surface area contributed by atoms with Crippen molar-refractivity contribution in [2.45, 2.75) is 12.5 Å². The minimum Gasteiger partial charge on any atom is -0.460 e. The Labute approximate surface area is 154 Å². The normalized spacial score (nSPS) is 15.9. The van der Waals surface area contributed by atoms with Crippen molar-refractivity contribution in [3.63, 3.8) is 0 Å². The van der Waals surface area contributed by atoms with Gasteiger partial charge in [0.05, 0.1) is 12.5 Å². The van der Waals surface area contributed by atoms with Gasteiger partial charge < -0.3 is 29.5 Å².